The molecular weight excluding hydrogens is 410 g/mol. The van der Waals surface area contributed by atoms with Crippen LogP contribution in [0.15, 0.2) is 53.6 Å². The van der Waals surface area contributed by atoms with E-state index in [2.05, 4.69) is 21.5 Å². The molecule has 1 aliphatic rings. The first-order chi connectivity index (χ1) is 13.8. The molecule has 6 nitrogen and oxygen atoms in total. The summed E-state index contributed by atoms with van der Waals surface area (Å²) in [5, 5.41) is 0.972. The number of piperidine rings is 1. The number of hydrogen-bond donors (Lipinski definition) is 2. The predicted octanol–water partition coefficient (Wildman–Crippen LogP) is 4.18. The minimum Gasteiger partial charge on any atom is -0.372 e. The smallest absolute Gasteiger partial charge is 0.266 e. The average Bonchev–Trinajstić information content (AvgIpc) is 3.12. The van der Waals surface area contributed by atoms with Gasteiger partial charge >= 0.3 is 0 Å². The highest BCUT2D eigenvalue weighted by molar-refractivity contribution is 7.90. The molecule has 1 aliphatic heterocycles. The van der Waals surface area contributed by atoms with E-state index in [-0.39, 0.29) is 4.90 Å². The molecule has 1 amide bonds. The van der Waals surface area contributed by atoms with Crippen LogP contribution in [0.1, 0.15) is 30.1 Å². The second kappa shape index (κ2) is 7.72. The van der Waals surface area contributed by atoms with E-state index >= 15 is 0 Å². The number of carbonyl (C=O) groups excluding carboxylic acids is 1. The zero-order chi connectivity index (χ0) is 20.6. The average molecular weight is 432 g/mol. The van der Waals surface area contributed by atoms with Crippen LogP contribution in [0.4, 0.5) is 5.69 Å². The molecule has 0 aliphatic carbocycles. The van der Waals surface area contributed by atoms with Crippen molar-refractivity contribution in [2.24, 2.45) is 5.92 Å². The van der Waals surface area contributed by atoms with Gasteiger partial charge in [0.25, 0.3) is 15.9 Å². The number of nitrogens with one attached hydrogen (secondary N) is 2. The normalized spacial score (nSPS) is 15.6. The number of fused-ring (bicyclic) bond motifs is 1. The standard InChI is InChI=1S/C21H22ClN3O3S/c1-14-8-10-25(11-9-14)17-5-2-15(3-6-17)21(26)24-29(27,28)20-13-23-19-12-16(22)4-7-18(19)20/h2-7,12-14,23H,8-11H2,1H3,(H,24,26). The predicted molar refractivity (Wildman–Crippen MR) is 115 cm³/mol. The summed E-state index contributed by atoms with van der Waals surface area (Å²) in [6, 6.07) is 11.9. The fraction of sp³-hybridized carbons (Fsp3) is 0.286. The van der Waals surface area contributed by atoms with E-state index in [0.29, 0.717) is 21.5 Å². The number of H-pyrrole nitrogens is 1. The summed E-state index contributed by atoms with van der Waals surface area (Å²) in [5.74, 6) is 0.0779. The molecule has 4 rings (SSSR count). The molecule has 2 N–H and O–H groups in total. The molecule has 29 heavy (non-hydrogen) atoms. The lowest BCUT2D eigenvalue weighted by Crippen LogP contribution is -2.33. The quantitative estimate of drug-likeness (QED) is 0.649. The molecule has 0 spiro atoms. The lowest BCUT2D eigenvalue weighted by atomic mass is 9.99. The first-order valence-electron chi connectivity index (χ1n) is 9.52. The Morgan fingerprint density at radius 3 is 2.52 bits per heavy atom. The molecule has 152 valence electrons. The van der Waals surface area contributed by atoms with E-state index in [0.717, 1.165) is 37.5 Å². The topological polar surface area (TPSA) is 82.3 Å². The van der Waals surface area contributed by atoms with Gasteiger partial charge in [-0.25, -0.2) is 13.1 Å². The van der Waals surface area contributed by atoms with E-state index < -0.39 is 15.9 Å². The molecule has 1 fully saturated rings. The zero-order valence-electron chi connectivity index (χ0n) is 16.0. The number of sulfonamides is 1. The molecule has 0 atom stereocenters. The van der Waals surface area contributed by atoms with Gasteiger partial charge in [-0.3, -0.25) is 4.79 Å². The van der Waals surface area contributed by atoms with E-state index in [4.69, 9.17) is 11.6 Å². The molecule has 0 bridgehead atoms. The highest BCUT2D eigenvalue weighted by Crippen LogP contribution is 2.26. The molecule has 0 unspecified atom stereocenters. The van der Waals surface area contributed by atoms with Crippen molar-refractivity contribution in [3.05, 3.63) is 59.2 Å². The summed E-state index contributed by atoms with van der Waals surface area (Å²) < 4.78 is 27.6. The third-order valence-corrected chi connectivity index (χ3v) is 7.01. The number of aromatic nitrogens is 1. The van der Waals surface area contributed by atoms with Crippen LogP contribution < -0.4 is 9.62 Å². The molecule has 0 radical (unpaired) electrons. The van der Waals surface area contributed by atoms with E-state index in [1.54, 1.807) is 30.3 Å². The van der Waals surface area contributed by atoms with Gasteiger partial charge in [0, 0.05) is 46.5 Å². The number of anilines is 1. The minimum atomic E-state index is -4.02. The van der Waals surface area contributed by atoms with Crippen LogP contribution in [0.3, 0.4) is 0 Å². The summed E-state index contributed by atoms with van der Waals surface area (Å²) in [7, 11) is -4.02. The Kier molecular flexibility index (Phi) is 5.27. The fourth-order valence-corrected chi connectivity index (χ4v) is 4.95. The maximum absolute atomic E-state index is 12.7. The minimum absolute atomic E-state index is 0.0107. The van der Waals surface area contributed by atoms with Crippen molar-refractivity contribution in [2.45, 2.75) is 24.7 Å². The Labute approximate surface area is 174 Å². The lowest BCUT2D eigenvalue weighted by molar-refractivity contribution is 0.0981. The van der Waals surface area contributed by atoms with Crippen molar-refractivity contribution in [3.8, 4) is 0 Å². The number of carbonyl (C=O) groups is 1. The molecule has 3 aromatic rings. The van der Waals surface area contributed by atoms with Gasteiger partial charge in [0.1, 0.15) is 4.90 Å². The zero-order valence-corrected chi connectivity index (χ0v) is 17.6. The molecule has 2 heterocycles. The number of nitrogens with zero attached hydrogens (tertiary/aromatic N) is 1. The van der Waals surface area contributed by atoms with Crippen molar-refractivity contribution in [1.82, 2.24) is 9.71 Å². The van der Waals surface area contributed by atoms with Gasteiger partial charge in [-0.05, 0) is 61.2 Å². The summed E-state index contributed by atoms with van der Waals surface area (Å²) in [5.41, 5.74) is 1.93. The second-order valence-corrected chi connectivity index (χ2v) is 9.58. The van der Waals surface area contributed by atoms with E-state index in [1.165, 1.54) is 6.20 Å². The Hall–Kier alpha value is -2.51. The van der Waals surface area contributed by atoms with Crippen LogP contribution in [0.5, 0.6) is 0 Å². The third-order valence-electron chi connectivity index (χ3n) is 5.40. The molecule has 1 saturated heterocycles. The van der Waals surface area contributed by atoms with Crippen molar-refractivity contribution >= 4 is 44.1 Å². The summed E-state index contributed by atoms with van der Waals surface area (Å²) in [6.45, 7) is 4.24. The summed E-state index contributed by atoms with van der Waals surface area (Å²) >= 11 is 5.94. The molecule has 1 aromatic heterocycles. The van der Waals surface area contributed by atoms with E-state index in [1.807, 2.05) is 12.1 Å². The van der Waals surface area contributed by atoms with Crippen LogP contribution in [0.2, 0.25) is 5.02 Å². The first-order valence-corrected chi connectivity index (χ1v) is 11.4. The Bertz CT molecular complexity index is 1150. The lowest BCUT2D eigenvalue weighted by Gasteiger charge is -2.32. The first kappa shape index (κ1) is 19.8. The maximum atomic E-state index is 12.7. The van der Waals surface area contributed by atoms with Crippen LogP contribution in [0.25, 0.3) is 10.9 Å². The van der Waals surface area contributed by atoms with Crippen LogP contribution >= 0.6 is 11.6 Å². The number of benzene rings is 2. The van der Waals surface area contributed by atoms with Gasteiger partial charge in [-0.15, -0.1) is 0 Å². The number of hydrogen-bond acceptors (Lipinski definition) is 4. The van der Waals surface area contributed by atoms with Gasteiger partial charge in [0.2, 0.25) is 0 Å². The van der Waals surface area contributed by atoms with E-state index in [9.17, 15) is 13.2 Å². The molecule has 0 saturated carbocycles. The molecule has 2 aromatic carbocycles. The number of halogens is 1. The summed E-state index contributed by atoms with van der Waals surface area (Å²) in [4.78, 5) is 17.7. The summed E-state index contributed by atoms with van der Waals surface area (Å²) in [6.07, 6.45) is 3.66. The molecular formula is C21H22ClN3O3S. The fourth-order valence-electron chi connectivity index (χ4n) is 3.62. The largest absolute Gasteiger partial charge is 0.372 e. The highest BCUT2D eigenvalue weighted by atomic mass is 35.5. The van der Waals surface area contributed by atoms with Crippen LogP contribution in [-0.2, 0) is 10.0 Å². The number of rotatable bonds is 4. The number of amides is 1. The van der Waals surface area contributed by atoms with Crippen molar-refractivity contribution in [1.29, 1.82) is 0 Å². The highest BCUT2D eigenvalue weighted by Gasteiger charge is 2.23. The third kappa shape index (κ3) is 4.11. The molecule has 8 heteroatoms. The van der Waals surface area contributed by atoms with Gasteiger partial charge < -0.3 is 9.88 Å². The van der Waals surface area contributed by atoms with Crippen LogP contribution in [-0.4, -0.2) is 32.4 Å². The number of aromatic amines is 1. The van der Waals surface area contributed by atoms with Gasteiger partial charge in [0.15, 0.2) is 0 Å². The van der Waals surface area contributed by atoms with Crippen molar-refractivity contribution < 1.29 is 13.2 Å². The van der Waals surface area contributed by atoms with Gasteiger partial charge in [-0.1, -0.05) is 18.5 Å². The Morgan fingerprint density at radius 2 is 1.83 bits per heavy atom. The van der Waals surface area contributed by atoms with Crippen LogP contribution in [0, 0.1) is 5.92 Å². The maximum Gasteiger partial charge on any atom is 0.266 e. The monoisotopic (exact) mass is 431 g/mol. The van der Waals surface area contributed by atoms with Gasteiger partial charge in [-0.2, -0.15) is 0 Å². The Morgan fingerprint density at radius 1 is 1.14 bits per heavy atom. The van der Waals surface area contributed by atoms with Gasteiger partial charge in [0.05, 0.1) is 0 Å². The second-order valence-electron chi connectivity index (χ2n) is 7.49. The Balaban J connectivity index is 1.50. The van der Waals surface area contributed by atoms with Crippen molar-refractivity contribution in [2.75, 3.05) is 18.0 Å². The van der Waals surface area contributed by atoms with Crippen molar-refractivity contribution in [3.63, 3.8) is 0 Å². The SMILES string of the molecule is CC1CCN(c2ccc(C(=O)NS(=O)(=O)c3c[nH]c4cc(Cl)ccc34)cc2)CC1.